The number of benzene rings is 2. The number of hydrogen-bond acceptors (Lipinski definition) is 6. The molecule has 156 valence electrons. The standard InChI is InChI=1S/C21H25NO6S/c1-3-18(28-20(23)27-4-2)15-22-19-13-9-8-10-16(19)14-21(22,29(24,25)26)17-11-6-5-7-12-17/h5-13,18H,3-4,14-15H2,1-2H3,(H,24,25,26). The second-order valence-electron chi connectivity index (χ2n) is 6.87. The molecule has 0 aliphatic carbocycles. The number of ether oxygens (including phenoxy) is 2. The number of fused-ring (bicyclic) bond motifs is 1. The third kappa shape index (κ3) is 3.95. The highest BCUT2D eigenvalue weighted by atomic mass is 32.2. The first-order chi connectivity index (χ1) is 13.8. The molecule has 29 heavy (non-hydrogen) atoms. The van der Waals surface area contributed by atoms with Crippen LogP contribution in [0.1, 0.15) is 31.4 Å². The molecule has 2 unspecified atom stereocenters. The maximum Gasteiger partial charge on any atom is 0.508 e. The van der Waals surface area contributed by atoms with E-state index in [4.69, 9.17) is 9.47 Å². The molecule has 1 aliphatic rings. The summed E-state index contributed by atoms with van der Waals surface area (Å²) in [5.41, 5.74) is 1.92. The molecule has 0 amide bonds. The molecule has 0 saturated heterocycles. The Labute approximate surface area is 171 Å². The average Bonchev–Trinajstić information content (AvgIpc) is 3.03. The van der Waals surface area contributed by atoms with Crippen LogP contribution in [0.2, 0.25) is 0 Å². The van der Waals surface area contributed by atoms with Gasteiger partial charge in [0, 0.05) is 12.1 Å². The van der Waals surface area contributed by atoms with Crippen molar-refractivity contribution in [2.24, 2.45) is 0 Å². The summed E-state index contributed by atoms with van der Waals surface area (Å²) in [6.07, 6.45) is -0.885. The predicted octanol–water partition coefficient (Wildman–Crippen LogP) is 3.74. The zero-order chi connectivity index (χ0) is 21.1. The van der Waals surface area contributed by atoms with Crippen LogP contribution in [0.25, 0.3) is 0 Å². The zero-order valence-corrected chi connectivity index (χ0v) is 17.3. The minimum absolute atomic E-state index is 0.0843. The minimum atomic E-state index is -4.57. The van der Waals surface area contributed by atoms with Gasteiger partial charge in [-0.05, 0) is 30.5 Å². The number of anilines is 1. The van der Waals surface area contributed by atoms with Gasteiger partial charge in [0.05, 0.1) is 13.2 Å². The van der Waals surface area contributed by atoms with E-state index in [9.17, 15) is 17.8 Å². The molecule has 0 fully saturated rings. The molecule has 0 bridgehead atoms. The number of hydrogen-bond donors (Lipinski definition) is 1. The molecule has 2 atom stereocenters. The van der Waals surface area contributed by atoms with Gasteiger partial charge in [-0.3, -0.25) is 4.55 Å². The predicted molar refractivity (Wildman–Crippen MR) is 109 cm³/mol. The Hall–Kier alpha value is -2.58. The molecule has 3 rings (SSSR count). The van der Waals surface area contributed by atoms with Crippen molar-refractivity contribution in [3.63, 3.8) is 0 Å². The van der Waals surface area contributed by atoms with Gasteiger partial charge in [-0.1, -0.05) is 55.5 Å². The third-order valence-corrected chi connectivity index (χ3v) is 6.62. The van der Waals surface area contributed by atoms with Gasteiger partial charge in [0.15, 0.2) is 4.87 Å². The molecule has 8 heteroatoms. The van der Waals surface area contributed by atoms with Crippen LogP contribution in [-0.4, -0.2) is 38.4 Å². The van der Waals surface area contributed by atoms with Crippen molar-refractivity contribution in [3.8, 4) is 0 Å². The molecule has 7 nitrogen and oxygen atoms in total. The maximum atomic E-state index is 12.8. The summed E-state index contributed by atoms with van der Waals surface area (Å²) in [5.74, 6) is 0. The van der Waals surface area contributed by atoms with E-state index in [0.717, 1.165) is 5.56 Å². The van der Waals surface area contributed by atoms with E-state index in [2.05, 4.69) is 0 Å². The summed E-state index contributed by atoms with van der Waals surface area (Å²) in [6, 6.07) is 15.9. The fourth-order valence-electron chi connectivity index (χ4n) is 3.79. The molecule has 0 radical (unpaired) electrons. The second kappa shape index (κ2) is 8.42. The highest BCUT2D eigenvalue weighted by Gasteiger charge is 2.55. The second-order valence-corrected chi connectivity index (χ2v) is 8.50. The topological polar surface area (TPSA) is 93.1 Å². The summed E-state index contributed by atoms with van der Waals surface area (Å²) in [6.45, 7) is 3.78. The first kappa shape index (κ1) is 21.1. The van der Waals surface area contributed by atoms with Gasteiger partial charge in [0.2, 0.25) is 0 Å². The minimum Gasteiger partial charge on any atom is -0.435 e. The Morgan fingerprint density at radius 1 is 1.14 bits per heavy atom. The van der Waals surface area contributed by atoms with Crippen molar-refractivity contribution in [3.05, 3.63) is 65.7 Å². The van der Waals surface area contributed by atoms with Crippen molar-refractivity contribution < 1.29 is 27.2 Å². The lowest BCUT2D eigenvalue weighted by molar-refractivity contribution is 0.0266. The van der Waals surface area contributed by atoms with Crippen molar-refractivity contribution in [1.82, 2.24) is 0 Å². The molecule has 0 aromatic heterocycles. The lowest BCUT2D eigenvalue weighted by atomic mass is 10.0. The SMILES string of the molecule is CCOC(=O)OC(CC)CN1c2ccccc2CC1(c1ccccc1)S(=O)(=O)O. The summed E-state index contributed by atoms with van der Waals surface area (Å²) in [5, 5.41) is 0. The number of carbonyl (C=O) groups is 1. The highest BCUT2D eigenvalue weighted by molar-refractivity contribution is 7.87. The summed E-state index contributed by atoms with van der Waals surface area (Å²) in [4.78, 5) is 11.7. The van der Waals surface area contributed by atoms with E-state index in [0.29, 0.717) is 17.7 Å². The van der Waals surface area contributed by atoms with Gasteiger partial charge < -0.3 is 14.4 Å². The highest BCUT2D eigenvalue weighted by Crippen LogP contribution is 2.48. The van der Waals surface area contributed by atoms with Crippen LogP contribution >= 0.6 is 0 Å². The van der Waals surface area contributed by atoms with Crippen LogP contribution in [0, 0.1) is 0 Å². The van der Waals surface area contributed by atoms with Gasteiger partial charge in [0.1, 0.15) is 6.10 Å². The molecule has 1 N–H and O–H groups in total. The molecule has 1 heterocycles. The quantitative estimate of drug-likeness (QED) is 0.540. The van der Waals surface area contributed by atoms with E-state index < -0.39 is 27.2 Å². The fourth-order valence-corrected chi connectivity index (χ4v) is 5.02. The Morgan fingerprint density at radius 3 is 2.41 bits per heavy atom. The van der Waals surface area contributed by atoms with E-state index in [-0.39, 0.29) is 19.6 Å². The lowest BCUT2D eigenvalue weighted by Gasteiger charge is -2.39. The van der Waals surface area contributed by atoms with Crippen LogP contribution < -0.4 is 4.90 Å². The molecule has 0 spiro atoms. The molecular weight excluding hydrogens is 394 g/mol. The average molecular weight is 419 g/mol. The largest absolute Gasteiger partial charge is 0.508 e. The van der Waals surface area contributed by atoms with Crippen molar-refractivity contribution in [2.45, 2.75) is 37.7 Å². The number of carbonyl (C=O) groups excluding carboxylic acids is 1. The van der Waals surface area contributed by atoms with Crippen LogP contribution in [0.4, 0.5) is 10.5 Å². The Balaban J connectivity index is 2.09. The van der Waals surface area contributed by atoms with Crippen LogP contribution in [0.15, 0.2) is 54.6 Å². The normalized spacial score (nSPS) is 19.5. The number of rotatable bonds is 7. The molecule has 0 saturated carbocycles. The fraction of sp³-hybridized carbons (Fsp3) is 0.381. The molecule has 2 aromatic carbocycles. The Kier molecular flexibility index (Phi) is 6.14. The van der Waals surface area contributed by atoms with E-state index in [1.165, 1.54) is 0 Å². The first-order valence-electron chi connectivity index (χ1n) is 9.55. The first-order valence-corrected chi connectivity index (χ1v) is 11.0. The van der Waals surface area contributed by atoms with Crippen LogP contribution in [-0.2, 0) is 30.9 Å². The third-order valence-electron chi connectivity index (χ3n) is 5.17. The smallest absolute Gasteiger partial charge is 0.435 e. The van der Waals surface area contributed by atoms with Gasteiger partial charge >= 0.3 is 6.16 Å². The summed E-state index contributed by atoms with van der Waals surface area (Å²) in [7, 11) is -4.57. The van der Waals surface area contributed by atoms with Crippen LogP contribution in [0.3, 0.4) is 0 Å². The van der Waals surface area contributed by atoms with Crippen molar-refractivity contribution in [2.75, 3.05) is 18.1 Å². The summed E-state index contributed by atoms with van der Waals surface area (Å²) >= 11 is 0. The number of para-hydroxylation sites is 1. The lowest BCUT2D eigenvalue weighted by Crippen LogP contribution is -2.53. The molecule has 2 aromatic rings. The maximum absolute atomic E-state index is 12.8. The monoisotopic (exact) mass is 419 g/mol. The number of nitrogens with zero attached hydrogens (tertiary/aromatic N) is 1. The molecular formula is C21H25NO6S. The van der Waals surface area contributed by atoms with Gasteiger partial charge in [0.25, 0.3) is 10.1 Å². The Morgan fingerprint density at radius 2 is 1.79 bits per heavy atom. The van der Waals surface area contributed by atoms with Gasteiger partial charge in [-0.15, -0.1) is 0 Å². The van der Waals surface area contributed by atoms with E-state index in [1.54, 1.807) is 42.2 Å². The summed E-state index contributed by atoms with van der Waals surface area (Å²) < 4.78 is 46.3. The van der Waals surface area contributed by atoms with Crippen molar-refractivity contribution in [1.29, 1.82) is 0 Å². The van der Waals surface area contributed by atoms with Crippen molar-refractivity contribution >= 4 is 22.0 Å². The van der Waals surface area contributed by atoms with Crippen LogP contribution in [0.5, 0.6) is 0 Å². The molecule has 1 aliphatic heterocycles. The van der Waals surface area contributed by atoms with E-state index >= 15 is 0 Å². The Bertz CT molecular complexity index is 962. The van der Waals surface area contributed by atoms with Gasteiger partial charge in [-0.2, -0.15) is 8.42 Å². The van der Waals surface area contributed by atoms with Gasteiger partial charge in [-0.25, -0.2) is 4.79 Å². The zero-order valence-electron chi connectivity index (χ0n) is 16.4. The van der Waals surface area contributed by atoms with E-state index in [1.807, 2.05) is 31.2 Å².